The summed E-state index contributed by atoms with van der Waals surface area (Å²) in [5, 5.41) is 8.54. The van der Waals surface area contributed by atoms with E-state index in [0.29, 0.717) is 6.04 Å². The summed E-state index contributed by atoms with van der Waals surface area (Å²) in [7, 11) is 0. The van der Waals surface area contributed by atoms with Gasteiger partial charge in [-0.25, -0.2) is 0 Å². The van der Waals surface area contributed by atoms with Crippen LogP contribution in [0.4, 0.5) is 0 Å². The molecule has 1 saturated carbocycles. The van der Waals surface area contributed by atoms with Gasteiger partial charge in [0.15, 0.2) is 0 Å². The summed E-state index contributed by atoms with van der Waals surface area (Å²) in [6.45, 7) is 8.78. The number of aromatic nitrogens is 2. The number of nitrogens with one attached hydrogen (secondary N) is 1. The van der Waals surface area contributed by atoms with Crippen molar-refractivity contribution in [1.29, 1.82) is 0 Å². The normalized spacial score (nSPS) is 18.0. The van der Waals surface area contributed by atoms with Gasteiger partial charge in [0.25, 0.3) is 0 Å². The van der Waals surface area contributed by atoms with E-state index in [1.54, 1.807) is 0 Å². The molecular weight excluding hydrogens is 258 g/mol. The number of aryl methyl sites for hydroxylation is 2. The zero-order valence-corrected chi connectivity index (χ0v) is 14.2. The Morgan fingerprint density at radius 2 is 2.00 bits per heavy atom. The molecule has 0 radical (unpaired) electrons. The second-order valence-electron chi connectivity index (χ2n) is 6.46. The molecule has 3 nitrogen and oxygen atoms in total. The van der Waals surface area contributed by atoms with Gasteiger partial charge >= 0.3 is 0 Å². The maximum absolute atomic E-state index is 4.71. The van der Waals surface area contributed by atoms with Crippen molar-refractivity contribution in [3.8, 4) is 0 Å². The first-order valence-corrected chi connectivity index (χ1v) is 9.07. The molecular formula is C18H33N3. The fourth-order valence-corrected chi connectivity index (χ4v) is 3.62. The highest BCUT2D eigenvalue weighted by Gasteiger charge is 2.24. The summed E-state index contributed by atoms with van der Waals surface area (Å²) >= 11 is 0. The smallest absolute Gasteiger partial charge is 0.0624 e. The van der Waals surface area contributed by atoms with Gasteiger partial charge < -0.3 is 5.32 Å². The van der Waals surface area contributed by atoms with Crippen molar-refractivity contribution in [3.63, 3.8) is 0 Å². The number of hydrogen-bond donors (Lipinski definition) is 1. The van der Waals surface area contributed by atoms with Crippen molar-refractivity contribution in [2.45, 2.75) is 84.7 Å². The van der Waals surface area contributed by atoms with Crippen molar-refractivity contribution in [2.24, 2.45) is 5.92 Å². The maximum atomic E-state index is 4.71. The topological polar surface area (TPSA) is 29.9 Å². The zero-order valence-electron chi connectivity index (χ0n) is 14.2. The van der Waals surface area contributed by atoms with E-state index in [2.05, 4.69) is 36.8 Å². The molecule has 0 aromatic carbocycles. The summed E-state index contributed by atoms with van der Waals surface area (Å²) < 4.78 is 2.21. The molecule has 0 bridgehead atoms. The molecule has 2 rings (SSSR count). The quantitative estimate of drug-likeness (QED) is 0.786. The van der Waals surface area contributed by atoms with Crippen LogP contribution in [0.25, 0.3) is 0 Å². The standard InChI is InChI=1S/C18H33N3/c1-4-12-19-18(15-10-8-7-9-11-15)14-17-13-16(5-2)20-21(17)6-3/h13,15,18-19H,4-12,14H2,1-3H3. The van der Waals surface area contributed by atoms with Gasteiger partial charge in [-0.05, 0) is 51.1 Å². The minimum absolute atomic E-state index is 0.636. The molecule has 1 aromatic rings. The Morgan fingerprint density at radius 1 is 1.24 bits per heavy atom. The second-order valence-corrected chi connectivity index (χ2v) is 6.46. The molecule has 0 spiro atoms. The van der Waals surface area contributed by atoms with Crippen LogP contribution >= 0.6 is 0 Å². The van der Waals surface area contributed by atoms with Gasteiger partial charge in [0, 0.05) is 24.7 Å². The Hall–Kier alpha value is -0.830. The van der Waals surface area contributed by atoms with Crippen molar-refractivity contribution < 1.29 is 0 Å². The van der Waals surface area contributed by atoms with Crippen LogP contribution in [-0.4, -0.2) is 22.4 Å². The van der Waals surface area contributed by atoms with Gasteiger partial charge in [0.05, 0.1) is 5.69 Å². The molecule has 1 heterocycles. The lowest BCUT2D eigenvalue weighted by Crippen LogP contribution is -2.40. The molecule has 0 amide bonds. The summed E-state index contributed by atoms with van der Waals surface area (Å²) in [5.41, 5.74) is 2.67. The predicted octanol–water partition coefficient (Wildman–Crippen LogP) is 3.96. The Balaban J connectivity index is 2.07. The van der Waals surface area contributed by atoms with Crippen LogP contribution in [0.5, 0.6) is 0 Å². The SMILES string of the molecule is CCCNC(Cc1cc(CC)nn1CC)C1CCCCC1. The molecule has 0 aliphatic heterocycles. The Labute approximate surface area is 130 Å². The Bertz CT molecular complexity index is 405. The first-order chi connectivity index (χ1) is 10.3. The first-order valence-electron chi connectivity index (χ1n) is 9.07. The van der Waals surface area contributed by atoms with Crippen molar-refractivity contribution in [2.75, 3.05) is 6.54 Å². The molecule has 1 atom stereocenters. The molecule has 1 aliphatic rings. The summed E-state index contributed by atoms with van der Waals surface area (Å²) in [6, 6.07) is 2.96. The van der Waals surface area contributed by atoms with Crippen LogP contribution in [0.3, 0.4) is 0 Å². The summed E-state index contributed by atoms with van der Waals surface area (Å²) in [6.07, 6.45) is 10.5. The highest BCUT2D eigenvalue weighted by atomic mass is 15.3. The van der Waals surface area contributed by atoms with Crippen molar-refractivity contribution in [3.05, 3.63) is 17.5 Å². The highest BCUT2D eigenvalue weighted by molar-refractivity contribution is 5.12. The molecule has 1 aliphatic carbocycles. The van der Waals surface area contributed by atoms with Gasteiger partial charge in [0.1, 0.15) is 0 Å². The van der Waals surface area contributed by atoms with E-state index in [0.717, 1.165) is 31.8 Å². The van der Waals surface area contributed by atoms with E-state index in [1.807, 2.05) is 0 Å². The van der Waals surface area contributed by atoms with Crippen LogP contribution in [0.15, 0.2) is 6.07 Å². The van der Waals surface area contributed by atoms with E-state index in [4.69, 9.17) is 5.10 Å². The lowest BCUT2D eigenvalue weighted by atomic mass is 9.82. The lowest BCUT2D eigenvalue weighted by Gasteiger charge is -2.31. The summed E-state index contributed by atoms with van der Waals surface area (Å²) in [5.74, 6) is 0.857. The largest absolute Gasteiger partial charge is 0.313 e. The fraction of sp³-hybridized carbons (Fsp3) is 0.833. The van der Waals surface area contributed by atoms with Gasteiger partial charge in [-0.15, -0.1) is 0 Å². The fourth-order valence-electron chi connectivity index (χ4n) is 3.62. The van der Waals surface area contributed by atoms with E-state index >= 15 is 0 Å². The zero-order chi connectivity index (χ0) is 15.1. The predicted molar refractivity (Wildman–Crippen MR) is 89.6 cm³/mol. The molecule has 120 valence electrons. The third-order valence-corrected chi connectivity index (χ3v) is 4.88. The van der Waals surface area contributed by atoms with Crippen molar-refractivity contribution in [1.82, 2.24) is 15.1 Å². The first kappa shape index (κ1) is 16.5. The van der Waals surface area contributed by atoms with Crippen LogP contribution < -0.4 is 5.32 Å². The van der Waals surface area contributed by atoms with Crippen molar-refractivity contribution >= 4 is 0 Å². The third kappa shape index (κ3) is 4.57. The Morgan fingerprint density at radius 3 is 2.62 bits per heavy atom. The molecule has 1 fully saturated rings. The van der Waals surface area contributed by atoms with Crippen LogP contribution in [0.1, 0.15) is 70.7 Å². The highest BCUT2D eigenvalue weighted by Crippen LogP contribution is 2.28. The van der Waals surface area contributed by atoms with Gasteiger partial charge in [0.2, 0.25) is 0 Å². The molecule has 1 aromatic heterocycles. The van der Waals surface area contributed by atoms with Crippen LogP contribution in [0, 0.1) is 5.92 Å². The van der Waals surface area contributed by atoms with Gasteiger partial charge in [-0.3, -0.25) is 4.68 Å². The summed E-state index contributed by atoms with van der Waals surface area (Å²) in [4.78, 5) is 0. The van der Waals surface area contributed by atoms with Crippen LogP contribution in [-0.2, 0) is 19.4 Å². The number of rotatable bonds is 8. The number of hydrogen-bond acceptors (Lipinski definition) is 2. The molecule has 0 saturated heterocycles. The van der Waals surface area contributed by atoms with E-state index in [1.165, 1.54) is 49.9 Å². The maximum Gasteiger partial charge on any atom is 0.0624 e. The molecule has 3 heteroatoms. The third-order valence-electron chi connectivity index (χ3n) is 4.88. The monoisotopic (exact) mass is 291 g/mol. The second kappa shape index (κ2) is 8.57. The Kier molecular flexibility index (Phi) is 6.75. The average Bonchev–Trinajstić information content (AvgIpc) is 2.94. The number of nitrogens with zero attached hydrogens (tertiary/aromatic N) is 2. The van der Waals surface area contributed by atoms with Crippen LogP contribution in [0.2, 0.25) is 0 Å². The van der Waals surface area contributed by atoms with Gasteiger partial charge in [-0.1, -0.05) is 33.1 Å². The minimum atomic E-state index is 0.636. The minimum Gasteiger partial charge on any atom is -0.313 e. The van der Waals surface area contributed by atoms with E-state index in [9.17, 15) is 0 Å². The molecule has 1 unspecified atom stereocenters. The van der Waals surface area contributed by atoms with E-state index < -0.39 is 0 Å². The molecule has 1 N–H and O–H groups in total. The van der Waals surface area contributed by atoms with Gasteiger partial charge in [-0.2, -0.15) is 5.10 Å². The average molecular weight is 291 g/mol. The van der Waals surface area contributed by atoms with E-state index in [-0.39, 0.29) is 0 Å². The lowest BCUT2D eigenvalue weighted by molar-refractivity contribution is 0.264. The molecule has 21 heavy (non-hydrogen) atoms.